The highest BCUT2D eigenvalue weighted by atomic mass is 16.6. The molecule has 2 aromatic rings. The summed E-state index contributed by atoms with van der Waals surface area (Å²) in [5.74, 6) is -0.191. The summed E-state index contributed by atoms with van der Waals surface area (Å²) in [6.07, 6.45) is 0.0817. The van der Waals surface area contributed by atoms with Gasteiger partial charge in [0.15, 0.2) is 0 Å². The van der Waals surface area contributed by atoms with E-state index in [1.807, 2.05) is 6.92 Å². The summed E-state index contributed by atoms with van der Waals surface area (Å²) in [5, 5.41) is 3.32. The van der Waals surface area contributed by atoms with E-state index in [1.165, 1.54) is 6.07 Å². The lowest BCUT2D eigenvalue weighted by Crippen LogP contribution is -2.34. The van der Waals surface area contributed by atoms with Crippen molar-refractivity contribution in [3.05, 3.63) is 39.7 Å². The van der Waals surface area contributed by atoms with Gasteiger partial charge >= 0.3 is 17.7 Å². The number of carbonyl (C=O) groups is 2. The Hall–Kier alpha value is -2.83. The zero-order valence-corrected chi connectivity index (χ0v) is 16.3. The van der Waals surface area contributed by atoms with E-state index in [1.54, 1.807) is 39.8 Å². The number of amides is 1. The summed E-state index contributed by atoms with van der Waals surface area (Å²) < 4.78 is 15.7. The second-order valence-electron chi connectivity index (χ2n) is 7.16. The molecular weight excluding hydrogens is 350 g/mol. The first kappa shape index (κ1) is 20.5. The van der Waals surface area contributed by atoms with Crippen LogP contribution in [-0.2, 0) is 16.0 Å². The molecule has 2 rings (SSSR count). The SMILES string of the molecule is CCc1cc(=O)oc2c(C)c(OC(=O)CCNC(=O)OC(C)(C)C)ccc12. The lowest BCUT2D eigenvalue weighted by atomic mass is 10.0. The predicted octanol–water partition coefficient (Wildman–Crippen LogP) is 3.48. The molecule has 1 aromatic heterocycles. The monoisotopic (exact) mass is 375 g/mol. The molecule has 7 heteroatoms. The van der Waals surface area contributed by atoms with Crippen molar-refractivity contribution in [3.8, 4) is 5.75 Å². The highest BCUT2D eigenvalue weighted by Crippen LogP contribution is 2.28. The van der Waals surface area contributed by atoms with Crippen LogP contribution in [0.15, 0.2) is 27.4 Å². The fourth-order valence-corrected chi connectivity index (χ4v) is 2.57. The Balaban J connectivity index is 2.04. The average Bonchev–Trinajstić information content (AvgIpc) is 2.55. The number of nitrogens with one attached hydrogen (secondary N) is 1. The Morgan fingerprint density at radius 2 is 1.93 bits per heavy atom. The highest BCUT2D eigenvalue weighted by Gasteiger charge is 2.17. The number of hydrogen-bond acceptors (Lipinski definition) is 6. The van der Waals surface area contributed by atoms with E-state index in [0.29, 0.717) is 23.3 Å². The Kier molecular flexibility index (Phi) is 6.25. The van der Waals surface area contributed by atoms with Crippen LogP contribution < -0.4 is 15.7 Å². The van der Waals surface area contributed by atoms with Gasteiger partial charge in [-0.3, -0.25) is 4.79 Å². The van der Waals surface area contributed by atoms with Crippen molar-refractivity contribution < 1.29 is 23.5 Å². The van der Waals surface area contributed by atoms with Gasteiger partial charge in [-0.05, 0) is 51.8 Å². The first-order valence-corrected chi connectivity index (χ1v) is 8.84. The van der Waals surface area contributed by atoms with Gasteiger partial charge in [0.25, 0.3) is 0 Å². The van der Waals surface area contributed by atoms with E-state index in [-0.39, 0.29) is 13.0 Å². The van der Waals surface area contributed by atoms with Crippen LogP contribution >= 0.6 is 0 Å². The van der Waals surface area contributed by atoms with Gasteiger partial charge in [0.05, 0.1) is 6.42 Å². The molecule has 0 unspecified atom stereocenters. The summed E-state index contributed by atoms with van der Waals surface area (Å²) in [5.41, 5.74) is 0.829. The molecule has 0 fully saturated rings. The minimum absolute atomic E-state index is 0.0182. The third-order valence-corrected chi connectivity index (χ3v) is 3.80. The third kappa shape index (κ3) is 5.57. The number of rotatable bonds is 5. The zero-order chi connectivity index (χ0) is 20.2. The standard InChI is InChI=1S/C20H25NO6/c1-6-13-11-17(23)26-18-12(2)15(8-7-14(13)18)25-16(22)9-10-21-19(24)27-20(3,4)5/h7-8,11H,6,9-10H2,1-5H3,(H,21,24). The largest absolute Gasteiger partial charge is 0.444 e. The molecule has 7 nitrogen and oxygen atoms in total. The quantitative estimate of drug-likeness (QED) is 0.488. The van der Waals surface area contributed by atoms with Crippen molar-refractivity contribution in [2.75, 3.05) is 6.54 Å². The lowest BCUT2D eigenvalue weighted by Gasteiger charge is -2.19. The molecular formula is C20H25NO6. The van der Waals surface area contributed by atoms with Crippen molar-refractivity contribution in [1.82, 2.24) is 5.32 Å². The van der Waals surface area contributed by atoms with E-state index in [2.05, 4.69) is 5.32 Å². The van der Waals surface area contributed by atoms with Crippen LogP contribution in [0, 0.1) is 6.92 Å². The fourth-order valence-electron chi connectivity index (χ4n) is 2.57. The molecule has 1 heterocycles. The highest BCUT2D eigenvalue weighted by molar-refractivity contribution is 5.86. The number of esters is 1. The lowest BCUT2D eigenvalue weighted by molar-refractivity contribution is -0.134. The number of ether oxygens (including phenoxy) is 2. The van der Waals surface area contributed by atoms with E-state index in [4.69, 9.17) is 13.9 Å². The van der Waals surface area contributed by atoms with Gasteiger partial charge in [-0.25, -0.2) is 9.59 Å². The van der Waals surface area contributed by atoms with Crippen molar-refractivity contribution in [1.29, 1.82) is 0 Å². The van der Waals surface area contributed by atoms with E-state index >= 15 is 0 Å². The molecule has 0 spiro atoms. The Labute approximate surface area is 157 Å². The van der Waals surface area contributed by atoms with Gasteiger partial charge in [0, 0.05) is 23.6 Å². The van der Waals surface area contributed by atoms with Gasteiger partial charge < -0.3 is 19.2 Å². The van der Waals surface area contributed by atoms with Crippen molar-refractivity contribution in [2.24, 2.45) is 0 Å². The van der Waals surface area contributed by atoms with Crippen LogP contribution in [0.4, 0.5) is 4.79 Å². The summed E-state index contributed by atoms with van der Waals surface area (Å²) in [6, 6.07) is 4.91. The second kappa shape index (κ2) is 8.24. The normalized spacial score (nSPS) is 11.3. The molecule has 1 amide bonds. The zero-order valence-electron chi connectivity index (χ0n) is 16.3. The predicted molar refractivity (Wildman–Crippen MR) is 101 cm³/mol. The number of carbonyl (C=O) groups excluding carboxylic acids is 2. The van der Waals surface area contributed by atoms with Crippen LogP contribution in [0.1, 0.15) is 45.2 Å². The number of hydrogen-bond donors (Lipinski definition) is 1. The van der Waals surface area contributed by atoms with Gasteiger partial charge in [-0.15, -0.1) is 0 Å². The maximum atomic E-state index is 12.1. The molecule has 0 atom stereocenters. The van der Waals surface area contributed by atoms with Crippen LogP contribution in [-0.4, -0.2) is 24.2 Å². The van der Waals surface area contributed by atoms with Crippen LogP contribution in [0.25, 0.3) is 11.0 Å². The molecule has 27 heavy (non-hydrogen) atoms. The van der Waals surface area contributed by atoms with E-state index in [0.717, 1.165) is 10.9 Å². The molecule has 1 N–H and O–H groups in total. The number of benzene rings is 1. The maximum Gasteiger partial charge on any atom is 0.407 e. The summed E-state index contributed by atoms with van der Waals surface area (Å²) in [6.45, 7) is 9.04. The van der Waals surface area contributed by atoms with E-state index in [9.17, 15) is 14.4 Å². The third-order valence-electron chi connectivity index (χ3n) is 3.80. The molecule has 1 aromatic carbocycles. The number of alkyl carbamates (subject to hydrolysis) is 1. The fraction of sp³-hybridized carbons (Fsp3) is 0.450. The van der Waals surface area contributed by atoms with Crippen molar-refractivity contribution >= 4 is 23.0 Å². The van der Waals surface area contributed by atoms with Crippen LogP contribution in [0.5, 0.6) is 5.75 Å². The van der Waals surface area contributed by atoms with Gasteiger partial charge in [-0.1, -0.05) is 6.92 Å². The molecule has 0 saturated carbocycles. The molecule has 0 aliphatic heterocycles. The average molecular weight is 375 g/mol. The Morgan fingerprint density at radius 3 is 2.56 bits per heavy atom. The Bertz CT molecular complexity index is 907. The van der Waals surface area contributed by atoms with Gasteiger partial charge in [-0.2, -0.15) is 0 Å². The summed E-state index contributed by atoms with van der Waals surface area (Å²) in [4.78, 5) is 35.3. The van der Waals surface area contributed by atoms with Crippen LogP contribution in [0.2, 0.25) is 0 Å². The molecule has 0 saturated heterocycles. The number of aryl methyl sites for hydroxylation is 2. The summed E-state index contributed by atoms with van der Waals surface area (Å²) >= 11 is 0. The van der Waals surface area contributed by atoms with Crippen molar-refractivity contribution in [2.45, 2.75) is 53.1 Å². The molecule has 0 bridgehead atoms. The van der Waals surface area contributed by atoms with Crippen LogP contribution in [0.3, 0.4) is 0 Å². The summed E-state index contributed by atoms with van der Waals surface area (Å²) in [7, 11) is 0. The second-order valence-corrected chi connectivity index (χ2v) is 7.16. The smallest absolute Gasteiger partial charge is 0.407 e. The topological polar surface area (TPSA) is 94.8 Å². The minimum Gasteiger partial charge on any atom is -0.444 e. The molecule has 146 valence electrons. The Morgan fingerprint density at radius 1 is 1.22 bits per heavy atom. The van der Waals surface area contributed by atoms with Gasteiger partial charge in [0.2, 0.25) is 0 Å². The molecule has 0 radical (unpaired) electrons. The molecule has 0 aliphatic carbocycles. The number of fused-ring (bicyclic) bond motifs is 1. The van der Waals surface area contributed by atoms with Crippen molar-refractivity contribution in [3.63, 3.8) is 0 Å². The maximum absolute atomic E-state index is 12.1. The minimum atomic E-state index is -0.603. The first-order chi connectivity index (χ1) is 12.6. The van der Waals surface area contributed by atoms with E-state index < -0.39 is 23.3 Å². The first-order valence-electron chi connectivity index (χ1n) is 8.84. The van der Waals surface area contributed by atoms with Gasteiger partial charge in [0.1, 0.15) is 16.9 Å². The molecule has 0 aliphatic rings.